The normalized spacial score (nSPS) is 37.0. The molecule has 0 aromatic carbocycles. The number of rotatable bonds is 3. The zero-order valence-corrected chi connectivity index (χ0v) is 12.5. The summed E-state index contributed by atoms with van der Waals surface area (Å²) in [4.78, 5) is 2.57. The Morgan fingerprint density at radius 3 is 2.56 bits per heavy atom. The van der Waals surface area contributed by atoms with Crippen LogP contribution in [-0.2, 0) is 0 Å². The van der Waals surface area contributed by atoms with E-state index in [0.717, 1.165) is 32.4 Å². The fraction of sp³-hybridized carbons (Fsp3) is 0.875. The Kier molecular flexibility index (Phi) is 4.18. The first-order valence-corrected chi connectivity index (χ1v) is 7.66. The molecule has 18 heavy (non-hydrogen) atoms. The first-order chi connectivity index (χ1) is 8.54. The van der Waals surface area contributed by atoms with Crippen LogP contribution in [-0.4, -0.2) is 35.2 Å². The van der Waals surface area contributed by atoms with Crippen LogP contribution in [0.25, 0.3) is 0 Å². The zero-order valence-electron chi connectivity index (χ0n) is 12.5. The monoisotopic (exact) mass is 251 g/mol. The first-order valence-electron chi connectivity index (χ1n) is 7.66. The Morgan fingerprint density at radius 1 is 1.28 bits per heavy atom. The molecule has 0 aliphatic heterocycles. The van der Waals surface area contributed by atoms with E-state index in [4.69, 9.17) is 0 Å². The summed E-state index contributed by atoms with van der Waals surface area (Å²) in [6, 6.07) is 0.619. The summed E-state index contributed by atoms with van der Waals surface area (Å²) in [7, 11) is 0. The third-order valence-electron chi connectivity index (χ3n) is 5.50. The molecule has 2 heteroatoms. The third kappa shape index (κ3) is 2.14. The van der Waals surface area contributed by atoms with Crippen molar-refractivity contribution in [2.24, 2.45) is 5.41 Å². The van der Waals surface area contributed by atoms with Crippen molar-refractivity contribution in [3.8, 4) is 0 Å². The molecule has 1 unspecified atom stereocenters. The van der Waals surface area contributed by atoms with Crippen molar-refractivity contribution in [2.75, 3.05) is 13.1 Å². The van der Waals surface area contributed by atoms with E-state index >= 15 is 0 Å². The van der Waals surface area contributed by atoms with Gasteiger partial charge in [0.2, 0.25) is 0 Å². The van der Waals surface area contributed by atoms with Gasteiger partial charge >= 0.3 is 0 Å². The van der Waals surface area contributed by atoms with Gasteiger partial charge in [0.25, 0.3) is 0 Å². The summed E-state index contributed by atoms with van der Waals surface area (Å²) in [6.45, 7) is 11.4. The van der Waals surface area contributed by atoms with Gasteiger partial charge in [-0.3, -0.25) is 4.90 Å². The molecule has 3 atom stereocenters. The molecule has 0 amide bonds. The van der Waals surface area contributed by atoms with E-state index in [9.17, 15) is 5.11 Å². The maximum absolute atomic E-state index is 10.4. The van der Waals surface area contributed by atoms with Crippen LogP contribution in [0.2, 0.25) is 0 Å². The predicted molar refractivity (Wildman–Crippen MR) is 76.6 cm³/mol. The first kappa shape index (κ1) is 14.1. The van der Waals surface area contributed by atoms with Crippen LogP contribution in [0, 0.1) is 5.41 Å². The fourth-order valence-electron chi connectivity index (χ4n) is 4.22. The lowest BCUT2D eigenvalue weighted by molar-refractivity contribution is 0.0162. The van der Waals surface area contributed by atoms with Crippen molar-refractivity contribution in [2.45, 2.75) is 71.9 Å². The molecule has 1 fully saturated rings. The predicted octanol–water partition coefficient (Wildman–Crippen LogP) is 3.36. The molecule has 0 radical (unpaired) electrons. The summed E-state index contributed by atoms with van der Waals surface area (Å²) < 4.78 is 0. The molecular formula is C16H29NO. The summed E-state index contributed by atoms with van der Waals surface area (Å²) in [5.41, 5.74) is 3.21. The molecule has 2 aliphatic rings. The van der Waals surface area contributed by atoms with E-state index in [1.165, 1.54) is 12.8 Å². The minimum Gasteiger partial charge on any atom is -0.392 e. The third-order valence-corrected chi connectivity index (χ3v) is 5.50. The molecule has 0 spiro atoms. The fourth-order valence-corrected chi connectivity index (χ4v) is 4.22. The lowest BCUT2D eigenvalue weighted by Crippen LogP contribution is -2.46. The standard InChI is InChI=1S/C16H29NO/c1-5-17(6-2)14-10-11-16(4)13(12(14)3)8-7-9-15(16)18/h14-15,18H,5-11H2,1-4H3/t14?,15-,16-/m0/s1. The maximum atomic E-state index is 10.4. The van der Waals surface area contributed by atoms with Gasteiger partial charge in [-0.25, -0.2) is 0 Å². The zero-order chi connectivity index (χ0) is 13.3. The van der Waals surface area contributed by atoms with Crippen molar-refractivity contribution in [1.82, 2.24) is 4.90 Å². The van der Waals surface area contributed by atoms with Crippen molar-refractivity contribution in [1.29, 1.82) is 0 Å². The average Bonchev–Trinajstić information content (AvgIpc) is 2.36. The molecule has 1 N–H and O–H groups in total. The van der Waals surface area contributed by atoms with Crippen LogP contribution < -0.4 is 0 Å². The Hall–Kier alpha value is -0.340. The summed E-state index contributed by atoms with van der Waals surface area (Å²) in [6.07, 6.45) is 5.61. The highest BCUT2D eigenvalue weighted by molar-refractivity contribution is 5.30. The van der Waals surface area contributed by atoms with Gasteiger partial charge in [0, 0.05) is 11.5 Å². The minimum absolute atomic E-state index is 0.0754. The summed E-state index contributed by atoms with van der Waals surface area (Å²) >= 11 is 0. The SMILES string of the molecule is CCN(CC)C1CC[C@@]2(C)C(=C1C)CCC[C@@H]2O. The lowest BCUT2D eigenvalue weighted by atomic mass is 9.61. The summed E-state index contributed by atoms with van der Waals surface area (Å²) in [5, 5.41) is 10.4. The van der Waals surface area contributed by atoms with Crippen molar-refractivity contribution in [3.05, 3.63) is 11.1 Å². The van der Waals surface area contributed by atoms with Gasteiger partial charge in [0.15, 0.2) is 0 Å². The quantitative estimate of drug-likeness (QED) is 0.778. The van der Waals surface area contributed by atoms with E-state index in [1.54, 1.807) is 11.1 Å². The second kappa shape index (κ2) is 5.34. The molecule has 0 aromatic rings. The van der Waals surface area contributed by atoms with Crippen LogP contribution in [0.3, 0.4) is 0 Å². The Balaban J connectivity index is 2.32. The van der Waals surface area contributed by atoms with E-state index in [2.05, 4.69) is 32.6 Å². The molecule has 0 heterocycles. The van der Waals surface area contributed by atoms with Crippen LogP contribution in [0.1, 0.15) is 59.8 Å². The van der Waals surface area contributed by atoms with Crippen LogP contribution >= 0.6 is 0 Å². The highest BCUT2D eigenvalue weighted by Crippen LogP contribution is 2.50. The molecule has 1 saturated carbocycles. The smallest absolute Gasteiger partial charge is 0.0631 e. The van der Waals surface area contributed by atoms with Crippen LogP contribution in [0.5, 0.6) is 0 Å². The molecule has 2 aliphatic carbocycles. The number of likely N-dealkylation sites (N-methyl/N-ethyl adjacent to an activating group) is 1. The van der Waals surface area contributed by atoms with Gasteiger partial charge in [-0.1, -0.05) is 31.9 Å². The number of fused-ring (bicyclic) bond motifs is 1. The molecule has 2 rings (SSSR count). The Morgan fingerprint density at radius 2 is 1.94 bits per heavy atom. The number of hydrogen-bond acceptors (Lipinski definition) is 2. The summed E-state index contributed by atoms with van der Waals surface area (Å²) in [5.74, 6) is 0. The molecule has 104 valence electrons. The van der Waals surface area contributed by atoms with Gasteiger partial charge in [0.1, 0.15) is 0 Å². The second-order valence-corrected chi connectivity index (χ2v) is 6.26. The highest BCUT2D eigenvalue weighted by atomic mass is 16.3. The van der Waals surface area contributed by atoms with E-state index in [1.807, 2.05) is 0 Å². The van der Waals surface area contributed by atoms with Gasteiger partial charge < -0.3 is 5.11 Å². The van der Waals surface area contributed by atoms with Gasteiger partial charge in [-0.15, -0.1) is 0 Å². The number of hydrogen-bond donors (Lipinski definition) is 1. The largest absolute Gasteiger partial charge is 0.392 e. The molecule has 0 saturated heterocycles. The molecule has 2 nitrogen and oxygen atoms in total. The van der Waals surface area contributed by atoms with E-state index in [-0.39, 0.29) is 11.5 Å². The molecule has 0 bridgehead atoms. The average molecular weight is 251 g/mol. The number of nitrogens with zero attached hydrogens (tertiary/aromatic N) is 1. The van der Waals surface area contributed by atoms with Crippen molar-refractivity contribution < 1.29 is 5.11 Å². The number of aliphatic hydroxyl groups excluding tert-OH is 1. The van der Waals surface area contributed by atoms with E-state index < -0.39 is 0 Å². The van der Waals surface area contributed by atoms with Gasteiger partial charge in [-0.2, -0.15) is 0 Å². The highest BCUT2D eigenvalue weighted by Gasteiger charge is 2.44. The van der Waals surface area contributed by atoms with Gasteiger partial charge in [0.05, 0.1) is 6.10 Å². The van der Waals surface area contributed by atoms with Crippen molar-refractivity contribution >= 4 is 0 Å². The number of aliphatic hydroxyl groups is 1. The van der Waals surface area contributed by atoms with E-state index in [0.29, 0.717) is 6.04 Å². The lowest BCUT2D eigenvalue weighted by Gasteiger charge is -2.49. The van der Waals surface area contributed by atoms with Crippen LogP contribution in [0.15, 0.2) is 11.1 Å². The molecular weight excluding hydrogens is 222 g/mol. The van der Waals surface area contributed by atoms with Gasteiger partial charge in [-0.05, 0) is 52.1 Å². The Bertz CT molecular complexity index is 332. The maximum Gasteiger partial charge on any atom is 0.0631 e. The van der Waals surface area contributed by atoms with Crippen molar-refractivity contribution in [3.63, 3.8) is 0 Å². The van der Waals surface area contributed by atoms with Crippen LogP contribution in [0.4, 0.5) is 0 Å². The topological polar surface area (TPSA) is 23.5 Å². The second-order valence-electron chi connectivity index (χ2n) is 6.26. The molecule has 0 aromatic heterocycles. The minimum atomic E-state index is -0.117. The Labute approximate surface area is 112 Å².